The zero-order valence-electron chi connectivity index (χ0n) is 11.0. The van der Waals surface area contributed by atoms with Crippen molar-refractivity contribution in [2.45, 2.75) is 31.6 Å². The average Bonchev–Trinajstić information content (AvgIpc) is 2.34. The maximum atomic E-state index is 11.9. The van der Waals surface area contributed by atoms with E-state index in [0.717, 1.165) is 18.4 Å². The summed E-state index contributed by atoms with van der Waals surface area (Å²) in [5.74, 6) is 0. The monoisotopic (exact) mass is 254 g/mol. The van der Waals surface area contributed by atoms with Crippen LogP contribution in [0.25, 0.3) is 0 Å². The van der Waals surface area contributed by atoms with Gasteiger partial charge in [0.15, 0.2) is 0 Å². The fraction of sp³-hybridized carbons (Fsp3) is 0.385. The zero-order valence-corrected chi connectivity index (χ0v) is 10.8. The van der Waals surface area contributed by atoms with Crippen LogP contribution in [-0.4, -0.2) is 15.0 Å². The first-order valence-corrected chi connectivity index (χ1v) is 7.05. The molecule has 0 radical (unpaired) electrons. The maximum Gasteiger partial charge on any atom is 0.240 e. The maximum absolute atomic E-state index is 11.9. The second kappa shape index (κ2) is 6.57. The Hall–Kier alpha value is -1.13. The molecule has 0 unspecified atom stereocenters. The molecule has 0 spiro atoms. The van der Waals surface area contributed by atoms with E-state index in [-0.39, 0.29) is 6.90 Å². The van der Waals surface area contributed by atoms with Gasteiger partial charge in [0.05, 0.1) is 4.90 Å². The molecular formula is C13H19NO2S. The Bertz CT molecular complexity index is 480. The molecule has 0 aliphatic rings. The van der Waals surface area contributed by atoms with E-state index in [4.69, 9.17) is 1.37 Å². The van der Waals surface area contributed by atoms with Crippen molar-refractivity contribution in [3.63, 3.8) is 0 Å². The first-order valence-electron chi connectivity index (χ1n) is 6.27. The van der Waals surface area contributed by atoms with Crippen molar-refractivity contribution in [2.75, 3.05) is 6.54 Å². The molecule has 0 saturated carbocycles. The van der Waals surface area contributed by atoms with Crippen molar-refractivity contribution >= 4 is 10.0 Å². The molecule has 94 valence electrons. The van der Waals surface area contributed by atoms with E-state index < -0.39 is 10.0 Å². The molecular weight excluding hydrogens is 234 g/mol. The van der Waals surface area contributed by atoms with Crippen LogP contribution in [0.3, 0.4) is 0 Å². The lowest BCUT2D eigenvalue weighted by Crippen LogP contribution is -2.24. The summed E-state index contributed by atoms with van der Waals surface area (Å²) in [6.45, 7) is 2.61. The van der Waals surface area contributed by atoms with Crippen LogP contribution in [0.4, 0.5) is 0 Å². The van der Waals surface area contributed by atoms with Gasteiger partial charge < -0.3 is 0 Å². The minimum absolute atomic E-state index is 0.273. The predicted octanol–water partition coefficient (Wildman–Crippen LogP) is 2.63. The van der Waals surface area contributed by atoms with E-state index in [9.17, 15) is 8.42 Å². The Labute approximate surface area is 105 Å². The largest absolute Gasteiger partial charge is 0.240 e. The fourth-order valence-corrected chi connectivity index (χ4v) is 2.42. The molecule has 0 amide bonds. The van der Waals surface area contributed by atoms with Crippen LogP contribution in [0, 0.1) is 6.92 Å². The van der Waals surface area contributed by atoms with Gasteiger partial charge in [-0.1, -0.05) is 29.8 Å². The predicted molar refractivity (Wildman–Crippen MR) is 70.4 cm³/mol. The fourth-order valence-electron chi connectivity index (χ4n) is 1.35. The highest BCUT2D eigenvalue weighted by molar-refractivity contribution is 7.89. The SMILES string of the molecule is [2H]C/C=C\CCCNS(=O)(=O)c1ccc(C)cc1. The third-order valence-corrected chi connectivity index (χ3v) is 3.81. The summed E-state index contributed by atoms with van der Waals surface area (Å²) in [6.07, 6.45) is 5.18. The Kier molecular flexibility index (Phi) is 4.76. The number of sulfonamides is 1. The molecule has 0 saturated heterocycles. The molecule has 1 rings (SSSR count). The number of benzene rings is 1. The number of unbranched alkanes of at least 4 members (excludes halogenated alkanes) is 1. The van der Waals surface area contributed by atoms with Crippen LogP contribution >= 0.6 is 0 Å². The molecule has 17 heavy (non-hydrogen) atoms. The van der Waals surface area contributed by atoms with Gasteiger partial charge >= 0.3 is 0 Å². The van der Waals surface area contributed by atoms with Gasteiger partial charge in [-0.25, -0.2) is 13.1 Å². The second-order valence-corrected chi connectivity index (χ2v) is 5.59. The van der Waals surface area contributed by atoms with Gasteiger partial charge in [0.25, 0.3) is 0 Å². The molecule has 1 aromatic carbocycles. The second-order valence-electron chi connectivity index (χ2n) is 3.82. The Morgan fingerprint density at radius 1 is 1.35 bits per heavy atom. The van der Waals surface area contributed by atoms with Crippen LogP contribution in [-0.2, 0) is 10.0 Å². The molecule has 1 aromatic rings. The molecule has 1 N–H and O–H groups in total. The molecule has 0 aliphatic carbocycles. The van der Waals surface area contributed by atoms with Crippen molar-refractivity contribution in [2.24, 2.45) is 0 Å². The van der Waals surface area contributed by atoms with Crippen LogP contribution in [0.2, 0.25) is 0 Å². The molecule has 0 bridgehead atoms. The highest BCUT2D eigenvalue weighted by atomic mass is 32.2. The molecule has 4 heteroatoms. The smallest absolute Gasteiger partial charge is 0.211 e. The van der Waals surface area contributed by atoms with Gasteiger partial charge in [-0.3, -0.25) is 0 Å². The summed E-state index contributed by atoms with van der Waals surface area (Å²) in [5.41, 5.74) is 1.04. The number of nitrogens with one attached hydrogen (secondary N) is 1. The van der Waals surface area contributed by atoms with Crippen molar-refractivity contribution in [3.8, 4) is 0 Å². The van der Waals surface area contributed by atoms with Gasteiger partial charge in [-0.05, 0) is 38.8 Å². The van der Waals surface area contributed by atoms with Crippen LogP contribution in [0.5, 0.6) is 0 Å². The van der Waals surface area contributed by atoms with Crippen molar-refractivity contribution < 1.29 is 9.79 Å². The number of allylic oxidation sites excluding steroid dienone is 2. The Balaban J connectivity index is 2.45. The molecule has 0 fully saturated rings. The Morgan fingerprint density at radius 2 is 2.06 bits per heavy atom. The average molecular weight is 254 g/mol. The number of rotatable bonds is 6. The van der Waals surface area contributed by atoms with Crippen molar-refractivity contribution in [3.05, 3.63) is 42.0 Å². The number of hydrogen-bond donors (Lipinski definition) is 1. The third-order valence-electron chi connectivity index (χ3n) is 2.34. The van der Waals surface area contributed by atoms with Gasteiger partial charge in [-0.2, -0.15) is 0 Å². The van der Waals surface area contributed by atoms with Gasteiger partial charge in [0, 0.05) is 7.92 Å². The molecule has 0 heterocycles. The highest BCUT2D eigenvalue weighted by Crippen LogP contribution is 2.09. The molecule has 0 atom stereocenters. The van der Waals surface area contributed by atoms with E-state index in [1.54, 1.807) is 30.3 Å². The summed E-state index contributed by atoms with van der Waals surface area (Å²) in [4.78, 5) is 0.301. The lowest BCUT2D eigenvalue weighted by molar-refractivity contribution is 0.579. The lowest BCUT2D eigenvalue weighted by atomic mass is 10.2. The molecule has 0 aromatic heterocycles. The standard InChI is InChI=1S/C13H19NO2S/c1-3-4-5-6-11-14-17(15,16)13-9-7-12(2)8-10-13/h3-4,7-10,14H,5-6,11H2,1-2H3/b4-3-/i1D. The van der Waals surface area contributed by atoms with Crippen LogP contribution < -0.4 is 4.72 Å². The highest BCUT2D eigenvalue weighted by Gasteiger charge is 2.11. The van der Waals surface area contributed by atoms with E-state index >= 15 is 0 Å². The zero-order chi connectivity index (χ0) is 13.4. The quantitative estimate of drug-likeness (QED) is 0.626. The van der Waals surface area contributed by atoms with Gasteiger partial charge in [-0.15, -0.1) is 0 Å². The summed E-state index contributed by atoms with van der Waals surface area (Å²) >= 11 is 0. The van der Waals surface area contributed by atoms with Crippen molar-refractivity contribution in [1.29, 1.82) is 0 Å². The van der Waals surface area contributed by atoms with E-state index in [0.29, 0.717) is 11.4 Å². The number of hydrogen-bond acceptors (Lipinski definition) is 2. The summed E-state index contributed by atoms with van der Waals surface area (Å²) in [6, 6.07) is 6.78. The minimum Gasteiger partial charge on any atom is -0.211 e. The summed E-state index contributed by atoms with van der Waals surface area (Å²) < 4.78 is 33.2. The molecule has 0 aliphatic heterocycles. The first kappa shape index (κ1) is 12.3. The lowest BCUT2D eigenvalue weighted by Gasteiger charge is -2.06. The molecule has 3 nitrogen and oxygen atoms in total. The van der Waals surface area contributed by atoms with Crippen molar-refractivity contribution in [1.82, 2.24) is 4.72 Å². The van der Waals surface area contributed by atoms with Gasteiger partial charge in [0.2, 0.25) is 10.0 Å². The summed E-state index contributed by atoms with van der Waals surface area (Å²) in [7, 11) is -3.38. The Morgan fingerprint density at radius 3 is 2.71 bits per heavy atom. The van der Waals surface area contributed by atoms with E-state index in [1.807, 2.05) is 13.0 Å². The van der Waals surface area contributed by atoms with Crippen LogP contribution in [0.15, 0.2) is 41.3 Å². The minimum atomic E-state index is -3.38. The van der Waals surface area contributed by atoms with E-state index in [1.165, 1.54) is 0 Å². The van der Waals surface area contributed by atoms with Crippen LogP contribution in [0.1, 0.15) is 26.7 Å². The first-order chi connectivity index (χ1) is 8.56. The number of aryl methyl sites for hydroxylation is 1. The summed E-state index contributed by atoms with van der Waals surface area (Å²) in [5, 5.41) is 0. The van der Waals surface area contributed by atoms with E-state index in [2.05, 4.69) is 4.72 Å². The third kappa shape index (κ3) is 4.71. The normalized spacial score (nSPS) is 12.9. The topological polar surface area (TPSA) is 46.2 Å². The van der Waals surface area contributed by atoms with Gasteiger partial charge in [0.1, 0.15) is 0 Å².